The Labute approximate surface area is 180 Å². The highest BCUT2D eigenvalue weighted by atomic mass is 16.5. The minimum Gasteiger partial charge on any atom is -0.483 e. The lowest BCUT2D eigenvalue weighted by Crippen LogP contribution is -2.39. The van der Waals surface area contributed by atoms with Gasteiger partial charge in [0, 0.05) is 27.2 Å². The summed E-state index contributed by atoms with van der Waals surface area (Å²) in [7, 11) is 3.13. The van der Waals surface area contributed by atoms with Crippen molar-refractivity contribution in [1.29, 1.82) is 0 Å². The van der Waals surface area contributed by atoms with Crippen LogP contribution in [0.25, 0.3) is 11.0 Å². The van der Waals surface area contributed by atoms with Crippen LogP contribution in [-0.2, 0) is 18.9 Å². The van der Waals surface area contributed by atoms with Crippen molar-refractivity contribution in [2.75, 3.05) is 29.9 Å². The summed E-state index contributed by atoms with van der Waals surface area (Å²) in [6.45, 7) is 7.22. The van der Waals surface area contributed by atoms with E-state index >= 15 is 0 Å². The third-order valence-corrected chi connectivity index (χ3v) is 5.44. The van der Waals surface area contributed by atoms with Gasteiger partial charge in [0.2, 0.25) is 0 Å². The molecule has 0 atom stereocenters. The number of fused-ring (bicyclic) bond motifs is 1. The van der Waals surface area contributed by atoms with Crippen LogP contribution in [0.3, 0.4) is 0 Å². The molecule has 1 amide bonds. The summed E-state index contributed by atoms with van der Waals surface area (Å²) in [5.74, 6) is 0.336. The van der Waals surface area contributed by atoms with Crippen LogP contribution in [0.15, 0.2) is 46.0 Å². The first-order valence-corrected chi connectivity index (χ1v) is 10.2. The molecule has 2 aromatic carbocycles. The molecule has 1 N–H and O–H groups in total. The number of aryl methyl sites for hydroxylation is 3. The van der Waals surface area contributed by atoms with Gasteiger partial charge in [0.1, 0.15) is 5.75 Å². The van der Waals surface area contributed by atoms with Crippen molar-refractivity contribution < 1.29 is 9.53 Å². The van der Waals surface area contributed by atoms with Gasteiger partial charge in [-0.25, -0.2) is 0 Å². The number of carbonyl (C=O) groups excluding carboxylic acids is 1. The summed E-state index contributed by atoms with van der Waals surface area (Å²) in [4.78, 5) is 39.3. The van der Waals surface area contributed by atoms with E-state index in [1.807, 2.05) is 51.1 Å². The number of aromatic nitrogens is 2. The zero-order valence-electron chi connectivity index (χ0n) is 18.6. The quantitative estimate of drug-likeness (QED) is 0.589. The van der Waals surface area contributed by atoms with Gasteiger partial charge in [0.25, 0.3) is 5.91 Å². The summed E-state index contributed by atoms with van der Waals surface area (Å²) >= 11 is 0. The highest BCUT2D eigenvalue weighted by Crippen LogP contribution is 2.30. The summed E-state index contributed by atoms with van der Waals surface area (Å²) in [5.41, 5.74) is 2.23. The second-order valence-corrected chi connectivity index (χ2v) is 7.36. The van der Waals surface area contributed by atoms with Crippen molar-refractivity contribution in [3.05, 3.63) is 62.7 Å². The smallest absolute Gasteiger partial charge is 0.316 e. The maximum Gasteiger partial charge on any atom is 0.316 e. The molecular formula is C23H28N4O4. The number of rotatable bonds is 7. The van der Waals surface area contributed by atoms with Crippen LogP contribution in [0.1, 0.15) is 19.4 Å². The Morgan fingerprint density at radius 1 is 1.00 bits per heavy atom. The van der Waals surface area contributed by atoms with Crippen molar-refractivity contribution in [3.8, 4) is 5.75 Å². The molecule has 31 heavy (non-hydrogen) atoms. The zero-order valence-corrected chi connectivity index (χ0v) is 18.6. The van der Waals surface area contributed by atoms with Gasteiger partial charge in [-0.3, -0.25) is 14.4 Å². The number of nitrogens with zero attached hydrogens (tertiary/aromatic N) is 3. The van der Waals surface area contributed by atoms with Gasteiger partial charge in [-0.2, -0.15) is 0 Å². The van der Waals surface area contributed by atoms with Gasteiger partial charge in [0.15, 0.2) is 6.61 Å². The Bertz CT molecular complexity index is 1240. The van der Waals surface area contributed by atoms with Gasteiger partial charge in [-0.05, 0) is 44.5 Å². The average Bonchev–Trinajstić information content (AvgIpc) is 2.77. The van der Waals surface area contributed by atoms with Gasteiger partial charge >= 0.3 is 11.1 Å². The van der Waals surface area contributed by atoms with E-state index in [1.165, 1.54) is 9.13 Å². The summed E-state index contributed by atoms with van der Waals surface area (Å²) in [6, 6.07) is 11.1. The van der Waals surface area contributed by atoms with Gasteiger partial charge in [-0.15, -0.1) is 0 Å². The molecule has 0 fully saturated rings. The molecule has 0 aliphatic carbocycles. The normalized spacial score (nSPS) is 10.9. The first kappa shape index (κ1) is 22.1. The number of para-hydroxylation sites is 1. The number of amides is 1. The van der Waals surface area contributed by atoms with E-state index in [0.29, 0.717) is 35.6 Å². The van der Waals surface area contributed by atoms with E-state index in [-0.39, 0.29) is 12.5 Å². The maximum atomic E-state index is 12.7. The molecule has 1 heterocycles. The molecule has 0 spiro atoms. The second kappa shape index (κ2) is 9.07. The van der Waals surface area contributed by atoms with Crippen LogP contribution >= 0.6 is 0 Å². The number of hydrogen-bond acceptors (Lipinski definition) is 5. The number of benzene rings is 2. The number of ether oxygens (including phenoxy) is 1. The topological polar surface area (TPSA) is 85.6 Å². The minimum atomic E-state index is -0.620. The molecule has 3 aromatic rings. The van der Waals surface area contributed by atoms with Crippen LogP contribution < -0.4 is 26.1 Å². The van der Waals surface area contributed by atoms with E-state index in [9.17, 15) is 14.4 Å². The molecule has 0 radical (unpaired) electrons. The lowest BCUT2D eigenvalue weighted by molar-refractivity contribution is -0.118. The van der Waals surface area contributed by atoms with Crippen molar-refractivity contribution in [3.63, 3.8) is 0 Å². The fourth-order valence-electron chi connectivity index (χ4n) is 3.58. The molecule has 0 aliphatic heterocycles. The fraction of sp³-hybridized carbons (Fsp3) is 0.348. The Morgan fingerprint density at radius 2 is 1.58 bits per heavy atom. The predicted molar refractivity (Wildman–Crippen MR) is 123 cm³/mol. The molecule has 0 saturated carbocycles. The monoisotopic (exact) mass is 424 g/mol. The maximum absolute atomic E-state index is 12.7. The van der Waals surface area contributed by atoms with Crippen molar-refractivity contribution in [1.82, 2.24) is 9.13 Å². The molecule has 0 unspecified atom stereocenters. The van der Waals surface area contributed by atoms with Crippen LogP contribution in [-0.4, -0.2) is 34.7 Å². The van der Waals surface area contributed by atoms with Crippen molar-refractivity contribution >= 4 is 28.3 Å². The second-order valence-electron chi connectivity index (χ2n) is 7.36. The molecule has 0 aliphatic rings. The average molecular weight is 425 g/mol. The summed E-state index contributed by atoms with van der Waals surface area (Å²) < 4.78 is 8.32. The third kappa shape index (κ3) is 4.33. The molecule has 8 heteroatoms. The SMILES string of the molecule is CCN(CC)c1cc2c(cc1NC(=O)COc1ccccc1C)n(C)c(=O)c(=O)n2C. The molecule has 0 bridgehead atoms. The zero-order chi connectivity index (χ0) is 22.7. The Kier molecular flexibility index (Phi) is 6.48. The number of carbonyl (C=O) groups is 1. The first-order valence-electron chi connectivity index (χ1n) is 10.2. The van der Waals surface area contributed by atoms with Gasteiger partial charge < -0.3 is 24.1 Å². The van der Waals surface area contributed by atoms with Crippen LogP contribution in [0, 0.1) is 6.92 Å². The largest absolute Gasteiger partial charge is 0.483 e. The molecular weight excluding hydrogens is 396 g/mol. The predicted octanol–water partition coefficient (Wildman–Crippen LogP) is 2.41. The summed E-state index contributed by atoms with van der Waals surface area (Å²) in [6.07, 6.45) is 0. The van der Waals surface area contributed by atoms with Crippen LogP contribution in [0.4, 0.5) is 11.4 Å². The van der Waals surface area contributed by atoms with E-state index in [2.05, 4.69) is 10.2 Å². The lowest BCUT2D eigenvalue weighted by atomic mass is 10.2. The van der Waals surface area contributed by atoms with Crippen molar-refractivity contribution in [2.45, 2.75) is 20.8 Å². The Morgan fingerprint density at radius 3 is 2.16 bits per heavy atom. The first-order chi connectivity index (χ1) is 14.8. The molecule has 1 aromatic heterocycles. The number of hydrogen-bond donors (Lipinski definition) is 1. The van der Waals surface area contributed by atoms with E-state index in [0.717, 1.165) is 11.3 Å². The van der Waals surface area contributed by atoms with E-state index in [4.69, 9.17) is 4.74 Å². The standard InChI is InChI=1S/C23H28N4O4/c1-6-27(7-2)17-13-19-18(25(4)22(29)23(30)26(19)5)12-16(17)24-21(28)14-31-20-11-9-8-10-15(20)3/h8-13H,6-7,14H2,1-5H3,(H,24,28). The highest BCUT2D eigenvalue weighted by Gasteiger charge is 2.17. The van der Waals surface area contributed by atoms with Gasteiger partial charge in [-0.1, -0.05) is 18.2 Å². The van der Waals surface area contributed by atoms with Crippen LogP contribution in [0.2, 0.25) is 0 Å². The van der Waals surface area contributed by atoms with Crippen molar-refractivity contribution in [2.24, 2.45) is 14.1 Å². The molecule has 8 nitrogen and oxygen atoms in total. The lowest BCUT2D eigenvalue weighted by Gasteiger charge is -2.25. The molecule has 0 saturated heterocycles. The Hall–Kier alpha value is -3.55. The van der Waals surface area contributed by atoms with Crippen LogP contribution in [0.5, 0.6) is 5.75 Å². The number of nitrogens with one attached hydrogen (secondary N) is 1. The molecule has 164 valence electrons. The minimum absolute atomic E-state index is 0.146. The fourth-order valence-corrected chi connectivity index (χ4v) is 3.58. The van der Waals surface area contributed by atoms with Gasteiger partial charge in [0.05, 0.1) is 22.4 Å². The Balaban J connectivity index is 2.02. The van der Waals surface area contributed by atoms with E-state index in [1.54, 1.807) is 20.2 Å². The third-order valence-electron chi connectivity index (χ3n) is 5.44. The highest BCUT2D eigenvalue weighted by molar-refractivity contribution is 5.99. The summed E-state index contributed by atoms with van der Waals surface area (Å²) in [5, 5.41) is 2.91. The molecule has 3 rings (SSSR count). The number of anilines is 2. The van der Waals surface area contributed by atoms with E-state index < -0.39 is 11.1 Å².